The first-order valence-corrected chi connectivity index (χ1v) is 6.96. The molecular weight excluding hydrogens is 496 g/mol. The Balaban J connectivity index is 0.00000176. The van der Waals surface area contributed by atoms with Gasteiger partial charge in [0, 0.05) is 16.8 Å². The molecule has 0 heterocycles. The van der Waals surface area contributed by atoms with Gasteiger partial charge in [0.2, 0.25) is 0 Å². The molecule has 0 amide bonds. The maximum atomic E-state index is 5.18. The van der Waals surface area contributed by atoms with E-state index in [2.05, 4.69) is 54.7 Å². The zero-order valence-electron chi connectivity index (χ0n) is 12.3. The van der Waals surface area contributed by atoms with E-state index in [0.29, 0.717) is 6.61 Å². The van der Waals surface area contributed by atoms with Gasteiger partial charge in [0.05, 0.1) is 0 Å². The van der Waals surface area contributed by atoms with Crippen molar-refractivity contribution in [3.05, 3.63) is 85.8 Å². The van der Waals surface area contributed by atoms with Crippen molar-refractivity contribution in [2.45, 2.75) is 0 Å². The molecule has 0 aliphatic heterocycles. The van der Waals surface area contributed by atoms with Crippen LogP contribution in [0.2, 0.25) is 0 Å². The van der Waals surface area contributed by atoms with Crippen molar-refractivity contribution >= 4 is 22.1 Å². The molecule has 3 rings (SSSR count). The number of rotatable bonds is 5. The first-order valence-electron chi connectivity index (χ1n) is 6.96. The van der Waals surface area contributed by atoms with Gasteiger partial charge in [-0.1, -0.05) is 61.7 Å². The van der Waals surface area contributed by atoms with Crippen molar-refractivity contribution < 1.29 is 35.9 Å². The average Bonchev–Trinajstić information content (AvgIpc) is 2.55. The number of anilines is 2. The molecule has 0 radical (unpaired) electrons. The number of ether oxygens (including phenoxy) is 1. The van der Waals surface area contributed by atoms with E-state index in [4.69, 9.17) is 4.74 Å². The van der Waals surface area contributed by atoms with Crippen LogP contribution in [0.25, 0.3) is 10.8 Å². The molecule has 3 heteroatoms. The minimum atomic E-state index is 0. The third kappa shape index (κ3) is 4.08. The molecular formula is C19H17NOU. The Kier molecular flexibility index (Phi) is 6.39. The van der Waals surface area contributed by atoms with Crippen molar-refractivity contribution in [3.63, 3.8) is 0 Å². The Morgan fingerprint density at radius 1 is 0.909 bits per heavy atom. The molecule has 0 atom stereocenters. The van der Waals surface area contributed by atoms with Crippen LogP contribution in [0, 0.1) is 44.6 Å². The topological polar surface area (TPSA) is 21.3 Å². The van der Waals surface area contributed by atoms with Crippen LogP contribution in [0.1, 0.15) is 5.56 Å². The van der Waals surface area contributed by atoms with Gasteiger partial charge in [0.1, 0.15) is 0 Å². The van der Waals surface area contributed by atoms with Crippen LogP contribution >= 0.6 is 0 Å². The fourth-order valence-electron chi connectivity index (χ4n) is 2.29. The first kappa shape index (κ1) is 17.0. The van der Waals surface area contributed by atoms with Crippen LogP contribution < -0.4 is 5.32 Å². The summed E-state index contributed by atoms with van der Waals surface area (Å²) in [5.41, 5.74) is 3.19. The van der Waals surface area contributed by atoms with Gasteiger partial charge in [0.25, 0.3) is 0 Å². The molecule has 0 aliphatic carbocycles. The summed E-state index contributed by atoms with van der Waals surface area (Å²) in [5.74, 6) is 0. The molecule has 0 spiro atoms. The zero-order chi connectivity index (χ0) is 14.5. The van der Waals surface area contributed by atoms with E-state index in [1.165, 1.54) is 10.8 Å². The van der Waals surface area contributed by atoms with Crippen LogP contribution in [0.15, 0.2) is 66.7 Å². The Morgan fingerprint density at radius 3 is 2.41 bits per heavy atom. The summed E-state index contributed by atoms with van der Waals surface area (Å²) < 4.78 is 5.18. The molecule has 0 saturated heterocycles. The largest absolute Gasteiger partial charge is 2.00 e. The van der Waals surface area contributed by atoms with Gasteiger partial charge in [-0.25, -0.2) is 0 Å². The summed E-state index contributed by atoms with van der Waals surface area (Å²) in [6.45, 7) is 5.79. The number of hydrogen-bond acceptors (Lipinski definition) is 2. The average molecular weight is 513 g/mol. The van der Waals surface area contributed by atoms with Crippen LogP contribution in [0.4, 0.5) is 11.4 Å². The van der Waals surface area contributed by atoms with Gasteiger partial charge < -0.3 is 17.0 Å². The van der Waals surface area contributed by atoms with E-state index < -0.39 is 0 Å². The van der Waals surface area contributed by atoms with Gasteiger partial charge >= 0.3 is 31.1 Å². The predicted octanol–water partition coefficient (Wildman–Crippen LogP) is 4.94. The van der Waals surface area contributed by atoms with Gasteiger partial charge in [-0.3, -0.25) is 0 Å². The number of benzene rings is 3. The SMILES string of the molecule is [CH2-]CO[CH-]c1ccc(Nc2cccc3ccccc23)cc1.[U+2]. The van der Waals surface area contributed by atoms with Crippen LogP contribution in [0.5, 0.6) is 0 Å². The molecule has 0 aliphatic rings. The molecule has 108 valence electrons. The quantitative estimate of drug-likeness (QED) is 0.488. The zero-order valence-corrected chi connectivity index (χ0v) is 16.4. The smallest absolute Gasteiger partial charge is 0.446 e. The molecule has 0 fully saturated rings. The molecule has 0 aromatic heterocycles. The fourth-order valence-corrected chi connectivity index (χ4v) is 2.29. The van der Waals surface area contributed by atoms with E-state index >= 15 is 0 Å². The number of nitrogens with one attached hydrogen (secondary N) is 1. The number of hydrogen-bond donors (Lipinski definition) is 1. The molecule has 0 bridgehead atoms. The summed E-state index contributed by atoms with van der Waals surface area (Å²) >= 11 is 0. The fraction of sp³-hybridized carbons (Fsp3) is 0.0526. The molecule has 3 aromatic rings. The van der Waals surface area contributed by atoms with E-state index in [1.54, 1.807) is 6.61 Å². The first-order chi connectivity index (χ1) is 10.4. The molecule has 0 unspecified atom stereocenters. The molecule has 1 N–H and O–H groups in total. The number of fused-ring (bicyclic) bond motifs is 1. The Bertz CT molecular complexity index is 720. The van der Waals surface area contributed by atoms with Crippen molar-refractivity contribution in [3.8, 4) is 0 Å². The van der Waals surface area contributed by atoms with E-state index in [9.17, 15) is 0 Å². The van der Waals surface area contributed by atoms with Gasteiger partial charge in [-0.05, 0) is 11.5 Å². The van der Waals surface area contributed by atoms with Crippen molar-refractivity contribution in [2.24, 2.45) is 0 Å². The second kappa shape index (κ2) is 8.29. The van der Waals surface area contributed by atoms with Crippen LogP contribution in [-0.4, -0.2) is 6.61 Å². The second-order valence-electron chi connectivity index (χ2n) is 4.76. The van der Waals surface area contributed by atoms with Gasteiger partial charge in [0.15, 0.2) is 0 Å². The third-order valence-corrected chi connectivity index (χ3v) is 3.32. The van der Waals surface area contributed by atoms with Crippen molar-refractivity contribution in [1.29, 1.82) is 0 Å². The standard InChI is InChI=1S/C19H17NO.U/c1-2-21-14-15-10-12-17(13-11-15)20-19-9-5-7-16-6-3-4-8-18(16)19;/h3-14,20H,1-2H2;/q-2;+2. The summed E-state index contributed by atoms with van der Waals surface area (Å²) in [4.78, 5) is 0. The maximum absolute atomic E-state index is 5.18. The van der Waals surface area contributed by atoms with Gasteiger partial charge in [-0.15, -0.1) is 0 Å². The minimum Gasteiger partial charge on any atom is -0.446 e. The molecule has 3 aromatic carbocycles. The third-order valence-electron chi connectivity index (χ3n) is 3.32. The Hall–Kier alpha value is -1.40. The van der Waals surface area contributed by atoms with E-state index in [0.717, 1.165) is 16.9 Å². The summed E-state index contributed by atoms with van der Waals surface area (Å²) in [7, 11) is 0. The Labute approximate surface area is 155 Å². The maximum Gasteiger partial charge on any atom is 2.00 e. The van der Waals surface area contributed by atoms with E-state index in [-0.39, 0.29) is 31.1 Å². The summed E-state index contributed by atoms with van der Waals surface area (Å²) in [5, 5.41) is 5.91. The Morgan fingerprint density at radius 2 is 1.64 bits per heavy atom. The van der Waals surface area contributed by atoms with Gasteiger partial charge in [-0.2, -0.15) is 17.7 Å². The van der Waals surface area contributed by atoms with Crippen molar-refractivity contribution in [1.82, 2.24) is 0 Å². The molecule has 2 nitrogen and oxygen atoms in total. The second-order valence-corrected chi connectivity index (χ2v) is 4.76. The van der Waals surface area contributed by atoms with Crippen LogP contribution in [0.3, 0.4) is 0 Å². The summed E-state index contributed by atoms with van der Waals surface area (Å²) in [6, 6.07) is 22.8. The molecule has 0 saturated carbocycles. The van der Waals surface area contributed by atoms with Crippen molar-refractivity contribution in [2.75, 3.05) is 11.9 Å². The normalized spacial score (nSPS) is 10.0. The summed E-state index contributed by atoms with van der Waals surface area (Å²) in [6.07, 6.45) is 0. The predicted molar refractivity (Wildman–Crippen MR) is 88.4 cm³/mol. The monoisotopic (exact) mass is 513 g/mol. The van der Waals surface area contributed by atoms with E-state index in [1.807, 2.05) is 24.3 Å². The minimum absolute atomic E-state index is 0. The molecule has 22 heavy (non-hydrogen) atoms. The van der Waals surface area contributed by atoms with Crippen LogP contribution in [-0.2, 0) is 4.74 Å².